The van der Waals surface area contributed by atoms with E-state index < -0.39 is 31.3 Å². The van der Waals surface area contributed by atoms with Crippen molar-refractivity contribution in [1.29, 1.82) is 0 Å². The summed E-state index contributed by atoms with van der Waals surface area (Å²) in [6.45, 7) is 11.3. The van der Waals surface area contributed by atoms with Gasteiger partial charge in [0.05, 0.1) is 32.7 Å². The highest BCUT2D eigenvalue weighted by molar-refractivity contribution is 6.74. The van der Waals surface area contributed by atoms with Crippen molar-refractivity contribution in [2.24, 2.45) is 0 Å². The lowest BCUT2D eigenvalue weighted by atomic mass is 10.0. The molecule has 1 N–H and O–H groups in total. The molecule has 0 aliphatic rings. The van der Waals surface area contributed by atoms with Crippen LogP contribution in [0.3, 0.4) is 0 Å². The molecule has 0 amide bonds. The summed E-state index contributed by atoms with van der Waals surface area (Å²) in [6, 6.07) is 2.54. The van der Waals surface area contributed by atoms with Crippen LogP contribution in [-0.4, -0.2) is 46.5 Å². The normalized spacial score (nSPS) is 12.2. The molecule has 7 nitrogen and oxygen atoms in total. The number of hydrogen-bond acceptors (Lipinski definition) is 7. The molecule has 190 valence electrons. The number of benzene rings is 1. The third kappa shape index (κ3) is 5.29. The Morgan fingerprint density at radius 3 is 2.29 bits per heavy atom. The number of nitrogens with zero attached hydrogens (tertiary/aromatic N) is 1. The first kappa shape index (κ1) is 26.9. The number of rotatable bonds is 9. The highest BCUT2D eigenvalue weighted by Crippen LogP contribution is 2.38. The second-order valence-electron chi connectivity index (χ2n) is 9.46. The maximum absolute atomic E-state index is 15.0. The third-order valence-electron chi connectivity index (χ3n) is 6.22. The number of anilines is 1. The zero-order valence-electron chi connectivity index (χ0n) is 20.8. The van der Waals surface area contributed by atoms with Crippen LogP contribution in [0.1, 0.15) is 36.9 Å². The van der Waals surface area contributed by atoms with E-state index in [-0.39, 0.29) is 38.7 Å². The number of carbonyl (C=O) groups is 1. The summed E-state index contributed by atoms with van der Waals surface area (Å²) in [5.74, 6) is -4.35. The summed E-state index contributed by atoms with van der Waals surface area (Å²) < 4.78 is 51.9. The summed E-state index contributed by atoms with van der Waals surface area (Å²) in [5, 5.41) is 3.75. The van der Waals surface area contributed by atoms with Gasteiger partial charge in [0, 0.05) is 18.0 Å². The van der Waals surface area contributed by atoms with Gasteiger partial charge < -0.3 is 23.6 Å². The molecule has 0 aliphatic heterocycles. The zero-order valence-corrected chi connectivity index (χ0v) is 22.5. The number of carbonyl (C=O) groups excluding carboxylic acids is 1. The number of nitrogens with one attached hydrogen (secondary N) is 1. The molecule has 0 spiro atoms. The smallest absolute Gasteiger partial charge is 0.236 e. The van der Waals surface area contributed by atoms with Gasteiger partial charge >= 0.3 is 0 Å². The maximum atomic E-state index is 15.0. The van der Waals surface area contributed by atoms with E-state index in [4.69, 9.17) is 29.9 Å². The van der Waals surface area contributed by atoms with Crippen molar-refractivity contribution >= 4 is 42.4 Å². The largest absolute Gasteiger partial charge is 0.494 e. The van der Waals surface area contributed by atoms with Crippen LogP contribution in [0.2, 0.25) is 23.3 Å². The minimum absolute atomic E-state index is 0.0239. The van der Waals surface area contributed by atoms with Gasteiger partial charge in [0.2, 0.25) is 5.78 Å². The van der Waals surface area contributed by atoms with Crippen molar-refractivity contribution in [2.45, 2.75) is 38.9 Å². The fraction of sp³-hybridized carbons (Fsp3) is 0.417. The molecule has 2 aromatic heterocycles. The number of pyridine rings is 1. The van der Waals surface area contributed by atoms with Crippen LogP contribution in [0.15, 0.2) is 22.7 Å². The van der Waals surface area contributed by atoms with Crippen LogP contribution in [0.5, 0.6) is 11.5 Å². The molecule has 2 heterocycles. The van der Waals surface area contributed by atoms with E-state index >= 15 is 8.78 Å². The van der Waals surface area contributed by atoms with E-state index in [1.165, 1.54) is 26.5 Å². The topological polar surface area (TPSA) is 82.8 Å². The van der Waals surface area contributed by atoms with Gasteiger partial charge in [-0.05, 0) is 24.2 Å². The van der Waals surface area contributed by atoms with Crippen molar-refractivity contribution in [3.8, 4) is 11.5 Å². The number of methoxy groups -OCH3 is 2. The number of aromatic nitrogens is 1. The van der Waals surface area contributed by atoms with E-state index in [2.05, 4.69) is 44.2 Å². The lowest BCUT2D eigenvalue weighted by Gasteiger charge is -2.36. The van der Waals surface area contributed by atoms with Crippen molar-refractivity contribution in [3.63, 3.8) is 0 Å². The molecule has 3 aromatic rings. The molecule has 11 heteroatoms. The number of ether oxygens (including phenoxy) is 2. The van der Waals surface area contributed by atoms with Crippen molar-refractivity contribution in [3.05, 3.63) is 46.4 Å². The molecule has 35 heavy (non-hydrogen) atoms. The van der Waals surface area contributed by atoms with Crippen LogP contribution in [-0.2, 0) is 4.43 Å². The van der Waals surface area contributed by atoms with E-state index in [0.717, 1.165) is 6.07 Å². The van der Waals surface area contributed by atoms with Crippen molar-refractivity contribution in [1.82, 2.24) is 4.98 Å². The van der Waals surface area contributed by atoms with Crippen LogP contribution in [0, 0.1) is 11.6 Å². The Morgan fingerprint density at radius 1 is 1.14 bits per heavy atom. The number of hydrogen-bond donors (Lipinski definition) is 1. The molecule has 0 unspecified atom stereocenters. The first-order chi connectivity index (χ1) is 16.3. The average Bonchev–Trinajstić information content (AvgIpc) is 3.13. The predicted molar refractivity (Wildman–Crippen MR) is 134 cm³/mol. The highest BCUT2D eigenvalue weighted by Gasteiger charge is 2.37. The van der Waals surface area contributed by atoms with Crippen LogP contribution in [0.25, 0.3) is 11.0 Å². The summed E-state index contributed by atoms with van der Waals surface area (Å²) in [6.07, 6.45) is 1.34. The van der Waals surface area contributed by atoms with Crippen molar-refractivity contribution < 1.29 is 31.9 Å². The second-order valence-corrected chi connectivity index (χ2v) is 14.7. The van der Waals surface area contributed by atoms with Gasteiger partial charge in [-0.1, -0.05) is 32.4 Å². The fourth-order valence-corrected chi connectivity index (χ4v) is 4.41. The van der Waals surface area contributed by atoms with Crippen LogP contribution < -0.4 is 14.8 Å². The molecule has 0 atom stereocenters. The SMILES string of the molecule is COc1cc(OC)c(F)c(C(=O)c2oc3cnc(Cl)cc3c2NCCO[Si](C)(C)C(C)(C)C)c1F. The Bertz CT molecular complexity index is 1230. The number of halogens is 3. The molecule has 0 bridgehead atoms. The fourth-order valence-electron chi connectivity index (χ4n) is 3.21. The van der Waals surface area contributed by atoms with Gasteiger partial charge in [-0.25, -0.2) is 13.8 Å². The molecule has 3 rings (SSSR count). The molecule has 0 radical (unpaired) electrons. The molecule has 0 saturated carbocycles. The second kappa shape index (κ2) is 10.1. The molecule has 0 fully saturated rings. The highest BCUT2D eigenvalue weighted by atomic mass is 35.5. The zero-order chi connectivity index (χ0) is 26.1. The molecule has 0 aliphatic carbocycles. The summed E-state index contributed by atoms with van der Waals surface area (Å²) in [7, 11) is 0.403. The third-order valence-corrected chi connectivity index (χ3v) is 11.0. The Kier molecular flexibility index (Phi) is 7.78. The number of fused-ring (bicyclic) bond motifs is 1. The van der Waals surface area contributed by atoms with Crippen molar-refractivity contribution in [2.75, 3.05) is 32.7 Å². The van der Waals surface area contributed by atoms with Crippen LogP contribution >= 0.6 is 11.6 Å². The van der Waals surface area contributed by atoms with Crippen LogP contribution in [0.4, 0.5) is 14.5 Å². The first-order valence-electron chi connectivity index (χ1n) is 10.9. The molecule has 1 aromatic carbocycles. The summed E-state index contributed by atoms with van der Waals surface area (Å²) in [5.41, 5.74) is -0.408. The standard InChI is InChI=1S/C24H29ClF2N2O5Si/c1-24(2,3)35(6,7)33-9-8-28-21-13-10-17(25)29-12-16(13)34-23(21)22(30)18-19(26)14(31-4)11-15(32-5)20(18)27/h10-12,28H,8-9H2,1-7H3. The van der Waals surface area contributed by atoms with E-state index in [9.17, 15) is 4.79 Å². The lowest BCUT2D eigenvalue weighted by Crippen LogP contribution is -2.41. The van der Waals surface area contributed by atoms with Gasteiger partial charge in [-0.3, -0.25) is 4.79 Å². The quantitative estimate of drug-likeness (QED) is 0.149. The van der Waals surface area contributed by atoms with E-state index in [0.29, 0.717) is 18.5 Å². The maximum Gasteiger partial charge on any atom is 0.236 e. The summed E-state index contributed by atoms with van der Waals surface area (Å²) >= 11 is 6.06. The van der Waals surface area contributed by atoms with E-state index in [1.807, 2.05) is 0 Å². The van der Waals surface area contributed by atoms with Gasteiger partial charge in [-0.15, -0.1) is 0 Å². The summed E-state index contributed by atoms with van der Waals surface area (Å²) in [4.78, 5) is 17.4. The minimum atomic E-state index is -2.00. The van der Waals surface area contributed by atoms with Gasteiger partial charge in [0.1, 0.15) is 10.7 Å². The molecular weight excluding hydrogens is 498 g/mol. The van der Waals surface area contributed by atoms with Gasteiger partial charge in [0.15, 0.2) is 42.8 Å². The predicted octanol–water partition coefficient (Wildman–Crippen LogP) is 6.44. The number of ketones is 1. The Morgan fingerprint density at radius 2 is 1.74 bits per heavy atom. The Labute approximate surface area is 208 Å². The first-order valence-corrected chi connectivity index (χ1v) is 14.2. The lowest BCUT2D eigenvalue weighted by molar-refractivity contribution is 0.100. The molecular formula is C24H29ClF2N2O5Si. The average molecular weight is 527 g/mol. The molecule has 0 saturated heterocycles. The van der Waals surface area contributed by atoms with Gasteiger partial charge in [-0.2, -0.15) is 0 Å². The van der Waals surface area contributed by atoms with E-state index in [1.54, 1.807) is 0 Å². The Hall–Kier alpha value is -2.69. The van der Waals surface area contributed by atoms with Gasteiger partial charge in [0.25, 0.3) is 0 Å². The minimum Gasteiger partial charge on any atom is -0.494 e. The Balaban J connectivity index is 2.03. The number of furan rings is 1. The monoisotopic (exact) mass is 526 g/mol.